The summed E-state index contributed by atoms with van der Waals surface area (Å²) in [5, 5.41) is 7.28. The number of likely N-dealkylation sites (tertiary alicyclic amines) is 1. The molecule has 0 radical (unpaired) electrons. The lowest BCUT2D eigenvalue weighted by Gasteiger charge is -2.33. The number of hydrogen-bond donors (Lipinski definition) is 1. The second-order valence-corrected chi connectivity index (χ2v) is 7.84. The first-order chi connectivity index (χ1) is 11.4. The Morgan fingerprint density at radius 2 is 2.17 bits per heavy atom. The Morgan fingerprint density at radius 1 is 1.42 bits per heavy atom. The average Bonchev–Trinajstić information content (AvgIpc) is 3.08. The van der Waals surface area contributed by atoms with Crippen LogP contribution in [-0.2, 0) is 9.59 Å². The van der Waals surface area contributed by atoms with Crippen LogP contribution in [0.2, 0.25) is 0 Å². The fraction of sp³-hybridized carbons (Fsp3) is 0.667. The molecule has 1 aromatic heterocycles. The maximum Gasteiger partial charge on any atom is 0.225 e. The van der Waals surface area contributed by atoms with Gasteiger partial charge in [-0.15, -0.1) is 0 Å². The zero-order chi connectivity index (χ0) is 17.7. The van der Waals surface area contributed by atoms with Gasteiger partial charge in [-0.1, -0.05) is 13.8 Å². The van der Waals surface area contributed by atoms with Crippen LogP contribution in [0.5, 0.6) is 0 Å². The molecule has 24 heavy (non-hydrogen) atoms. The number of carbonyl (C=O) groups excluding carboxylic acids is 2. The number of piperidine rings is 1. The zero-order valence-electron chi connectivity index (χ0n) is 15.1. The highest BCUT2D eigenvalue weighted by atomic mass is 32.1. The van der Waals surface area contributed by atoms with E-state index in [0.717, 1.165) is 19.4 Å². The Morgan fingerprint density at radius 3 is 2.75 bits per heavy atom. The van der Waals surface area contributed by atoms with Crippen molar-refractivity contribution in [3.8, 4) is 0 Å². The molecule has 0 aromatic carbocycles. The second-order valence-electron chi connectivity index (χ2n) is 7.06. The minimum absolute atomic E-state index is 0.0106. The van der Waals surface area contributed by atoms with Crippen molar-refractivity contribution in [1.29, 1.82) is 0 Å². The van der Waals surface area contributed by atoms with Gasteiger partial charge in [0, 0.05) is 25.6 Å². The summed E-state index contributed by atoms with van der Waals surface area (Å²) in [4.78, 5) is 28.7. The van der Waals surface area contributed by atoms with Gasteiger partial charge < -0.3 is 15.1 Å². The number of nitrogens with one attached hydrogen (secondary N) is 1. The van der Waals surface area contributed by atoms with Crippen LogP contribution in [0.4, 0.5) is 0 Å². The lowest BCUT2D eigenvalue weighted by Crippen LogP contribution is -2.47. The summed E-state index contributed by atoms with van der Waals surface area (Å²) in [5.74, 6) is 0.116. The summed E-state index contributed by atoms with van der Waals surface area (Å²) < 4.78 is 0. The number of nitrogens with zero attached hydrogens (tertiary/aromatic N) is 2. The van der Waals surface area contributed by atoms with E-state index in [1.54, 1.807) is 11.3 Å². The standard InChI is InChI=1S/C18H29N3O2S/c1-13(2)18(23)21-8-5-6-14(11-21)17(22)19-10-16(20(3)4)15-7-9-24-12-15/h7,9,12-14,16H,5-6,8,10-11H2,1-4H3,(H,19,22)/t14-,16+/m0/s1. The van der Waals surface area contributed by atoms with E-state index in [9.17, 15) is 9.59 Å². The van der Waals surface area contributed by atoms with Crippen molar-refractivity contribution in [1.82, 2.24) is 15.1 Å². The third kappa shape index (κ3) is 4.80. The van der Waals surface area contributed by atoms with Crippen molar-refractivity contribution in [2.45, 2.75) is 32.7 Å². The van der Waals surface area contributed by atoms with Crippen molar-refractivity contribution in [2.75, 3.05) is 33.7 Å². The van der Waals surface area contributed by atoms with Crippen LogP contribution in [0.25, 0.3) is 0 Å². The SMILES string of the molecule is CC(C)C(=O)N1CCC[C@H](C(=O)NC[C@H](c2ccsc2)N(C)C)C1. The molecule has 1 saturated heterocycles. The van der Waals surface area contributed by atoms with E-state index < -0.39 is 0 Å². The Balaban J connectivity index is 1.90. The van der Waals surface area contributed by atoms with Gasteiger partial charge in [0.25, 0.3) is 0 Å². The lowest BCUT2D eigenvalue weighted by atomic mass is 9.96. The lowest BCUT2D eigenvalue weighted by molar-refractivity contribution is -0.138. The predicted octanol–water partition coefficient (Wildman–Crippen LogP) is 2.36. The number of thiophene rings is 1. The maximum absolute atomic E-state index is 12.6. The molecule has 0 saturated carbocycles. The van der Waals surface area contributed by atoms with Gasteiger partial charge >= 0.3 is 0 Å². The fourth-order valence-electron chi connectivity index (χ4n) is 3.16. The monoisotopic (exact) mass is 351 g/mol. The molecule has 1 aliphatic heterocycles. The first-order valence-corrected chi connectivity index (χ1v) is 9.59. The molecule has 1 fully saturated rings. The summed E-state index contributed by atoms with van der Waals surface area (Å²) in [6, 6.07) is 2.28. The van der Waals surface area contributed by atoms with Gasteiger partial charge in [0.2, 0.25) is 11.8 Å². The maximum atomic E-state index is 12.6. The van der Waals surface area contributed by atoms with Crippen molar-refractivity contribution >= 4 is 23.2 Å². The second kappa shape index (κ2) is 8.62. The predicted molar refractivity (Wildman–Crippen MR) is 97.9 cm³/mol. The van der Waals surface area contributed by atoms with Gasteiger partial charge in [-0.2, -0.15) is 11.3 Å². The summed E-state index contributed by atoms with van der Waals surface area (Å²) in [5.41, 5.74) is 1.23. The topological polar surface area (TPSA) is 52.7 Å². The van der Waals surface area contributed by atoms with Crippen LogP contribution in [0.15, 0.2) is 16.8 Å². The summed E-state index contributed by atoms with van der Waals surface area (Å²) in [7, 11) is 4.05. The highest BCUT2D eigenvalue weighted by Crippen LogP contribution is 2.22. The van der Waals surface area contributed by atoms with Gasteiger partial charge in [0.1, 0.15) is 0 Å². The fourth-order valence-corrected chi connectivity index (χ4v) is 3.87. The van der Waals surface area contributed by atoms with E-state index in [-0.39, 0.29) is 29.7 Å². The normalized spacial score (nSPS) is 19.6. The molecule has 6 heteroatoms. The number of carbonyl (C=O) groups is 2. The van der Waals surface area contributed by atoms with Crippen LogP contribution in [0.1, 0.15) is 38.3 Å². The molecule has 0 unspecified atom stereocenters. The third-order valence-corrected chi connectivity index (χ3v) is 5.32. The van der Waals surface area contributed by atoms with Gasteiger partial charge in [0.15, 0.2) is 0 Å². The molecule has 2 atom stereocenters. The average molecular weight is 352 g/mol. The molecule has 1 aliphatic rings. The Kier molecular flexibility index (Phi) is 6.80. The van der Waals surface area contributed by atoms with E-state index in [0.29, 0.717) is 13.1 Å². The number of rotatable bonds is 6. The van der Waals surface area contributed by atoms with Crippen LogP contribution in [-0.4, -0.2) is 55.3 Å². The Labute approximate surface area is 149 Å². The van der Waals surface area contributed by atoms with Crippen molar-refractivity contribution < 1.29 is 9.59 Å². The van der Waals surface area contributed by atoms with Crippen LogP contribution in [0, 0.1) is 11.8 Å². The number of likely N-dealkylation sites (N-methyl/N-ethyl adjacent to an activating group) is 1. The smallest absolute Gasteiger partial charge is 0.225 e. The van der Waals surface area contributed by atoms with Gasteiger partial charge in [-0.05, 0) is 49.3 Å². The van der Waals surface area contributed by atoms with Gasteiger partial charge in [0.05, 0.1) is 12.0 Å². The number of amides is 2. The van der Waals surface area contributed by atoms with E-state index in [1.165, 1.54) is 5.56 Å². The molecule has 134 valence electrons. The van der Waals surface area contributed by atoms with Gasteiger partial charge in [-0.25, -0.2) is 0 Å². The molecule has 0 aliphatic carbocycles. The third-order valence-electron chi connectivity index (χ3n) is 4.62. The summed E-state index contributed by atoms with van der Waals surface area (Å²) in [6.45, 7) is 5.74. The molecule has 1 aromatic rings. The zero-order valence-corrected chi connectivity index (χ0v) is 15.9. The molecule has 0 spiro atoms. The van der Waals surface area contributed by atoms with Crippen molar-refractivity contribution in [3.05, 3.63) is 22.4 Å². The summed E-state index contributed by atoms with van der Waals surface area (Å²) >= 11 is 1.67. The van der Waals surface area contributed by atoms with Crippen molar-refractivity contribution in [3.63, 3.8) is 0 Å². The molecule has 2 heterocycles. The van der Waals surface area contributed by atoms with E-state index in [2.05, 4.69) is 27.0 Å². The molecule has 5 nitrogen and oxygen atoms in total. The van der Waals surface area contributed by atoms with Crippen LogP contribution in [0.3, 0.4) is 0 Å². The van der Waals surface area contributed by atoms with Crippen molar-refractivity contribution in [2.24, 2.45) is 11.8 Å². The number of hydrogen-bond acceptors (Lipinski definition) is 4. The van der Waals surface area contributed by atoms with E-state index in [1.807, 2.05) is 32.8 Å². The molecular weight excluding hydrogens is 322 g/mol. The Hall–Kier alpha value is -1.40. The Bertz CT molecular complexity index is 542. The largest absolute Gasteiger partial charge is 0.354 e. The summed E-state index contributed by atoms with van der Waals surface area (Å²) in [6.07, 6.45) is 1.76. The first-order valence-electron chi connectivity index (χ1n) is 8.65. The minimum atomic E-state index is -0.0910. The highest BCUT2D eigenvalue weighted by molar-refractivity contribution is 7.07. The van der Waals surface area contributed by atoms with Gasteiger partial charge in [-0.3, -0.25) is 9.59 Å². The van der Waals surface area contributed by atoms with E-state index >= 15 is 0 Å². The van der Waals surface area contributed by atoms with E-state index in [4.69, 9.17) is 0 Å². The highest BCUT2D eigenvalue weighted by Gasteiger charge is 2.29. The molecular formula is C18H29N3O2S. The molecule has 0 bridgehead atoms. The quantitative estimate of drug-likeness (QED) is 0.856. The minimum Gasteiger partial charge on any atom is -0.354 e. The molecule has 2 amide bonds. The first kappa shape index (κ1) is 18.9. The molecule has 2 rings (SSSR count). The van der Waals surface area contributed by atoms with Crippen LogP contribution < -0.4 is 5.32 Å². The van der Waals surface area contributed by atoms with Crippen LogP contribution >= 0.6 is 11.3 Å². The molecule has 1 N–H and O–H groups in total.